The van der Waals surface area contributed by atoms with Crippen LogP contribution >= 0.6 is 0 Å². The number of hydrogen-bond donors (Lipinski definition) is 6. The number of aliphatic hydroxyl groups excluding tert-OH is 5. The summed E-state index contributed by atoms with van der Waals surface area (Å²) in [6.07, 6.45) is -6.84. The van der Waals surface area contributed by atoms with Crippen molar-refractivity contribution in [2.45, 2.75) is 24.4 Å². The minimum absolute atomic E-state index is 0. The minimum Gasteiger partial charge on any atom is -1.00 e. The fourth-order valence-corrected chi connectivity index (χ4v) is 0.618. The molecule has 0 radical (unpaired) electrons. The summed E-state index contributed by atoms with van der Waals surface area (Å²) in [5, 5.41) is 43.5. The van der Waals surface area contributed by atoms with Crippen LogP contribution in [0.1, 0.15) is 2.85 Å². The molecular weight excluding hydrogens is 222 g/mol. The van der Waals surface area contributed by atoms with Gasteiger partial charge in [-0.25, -0.2) is 0 Å². The van der Waals surface area contributed by atoms with Crippen LogP contribution in [0.25, 0.3) is 0 Å². The first-order chi connectivity index (χ1) is 5.54. The number of aldehydes is 1. The Hall–Kier alpha value is 0.690. The number of carbonyl (C=O) groups is 1. The first kappa shape index (κ1) is 20.1. The zero-order valence-corrected chi connectivity index (χ0v) is 9.86. The van der Waals surface area contributed by atoms with Gasteiger partial charge in [0.25, 0.3) is 0 Å². The summed E-state index contributed by atoms with van der Waals surface area (Å²) in [5.74, 6) is 0. The number of aliphatic hydroxyl groups is 5. The Balaban J connectivity index is -0.000000101. The van der Waals surface area contributed by atoms with Crippen molar-refractivity contribution >= 4 is 44.0 Å². The molecule has 0 aromatic carbocycles. The van der Waals surface area contributed by atoms with E-state index in [4.69, 9.17) is 25.5 Å². The van der Waals surface area contributed by atoms with E-state index in [0.29, 0.717) is 0 Å². The Morgan fingerprint density at radius 1 is 1.14 bits per heavy atom. The van der Waals surface area contributed by atoms with Gasteiger partial charge >= 0.3 is 37.7 Å². The molecule has 0 saturated carbocycles. The van der Waals surface area contributed by atoms with Crippen molar-refractivity contribution in [1.29, 1.82) is 0 Å². The molecule has 7 nitrogen and oxygen atoms in total. The average Bonchev–Trinajstić information content (AvgIpc) is 2.12. The monoisotopic (exact) mass is 239 g/mol. The number of rotatable bonds is 5. The molecule has 0 aliphatic rings. The van der Waals surface area contributed by atoms with Gasteiger partial charge < -0.3 is 39.3 Å². The summed E-state index contributed by atoms with van der Waals surface area (Å²) in [7, 11) is 0. The van der Waals surface area contributed by atoms with Crippen LogP contribution in [0.4, 0.5) is 0 Å². The molecule has 8 N–H and O–H groups in total. The van der Waals surface area contributed by atoms with E-state index in [1.165, 1.54) is 0 Å². The Morgan fingerprint density at radius 3 is 1.86 bits per heavy atom. The van der Waals surface area contributed by atoms with Crippen LogP contribution in [0.2, 0.25) is 0 Å². The smallest absolute Gasteiger partial charge is 1.00 e. The third-order valence-electron chi connectivity index (χ3n) is 1.42. The van der Waals surface area contributed by atoms with E-state index < -0.39 is 31.0 Å². The van der Waals surface area contributed by atoms with Gasteiger partial charge in [-0.2, -0.15) is 0 Å². The van der Waals surface area contributed by atoms with Gasteiger partial charge in [0.1, 0.15) is 24.4 Å². The standard InChI is InChI=1S/C6H12O6.Ca.H3N.2H/c7-1-3(9)5(11)6(12)4(10)2-8;;;;/h1,3-6,8-12H,2H2;;1H3;;/q;+2;;2*-1/t3-,4+,5+,6+;;;;/m0..../s1. The van der Waals surface area contributed by atoms with E-state index >= 15 is 0 Å². The summed E-state index contributed by atoms with van der Waals surface area (Å²) in [6.45, 7) is -0.760. The summed E-state index contributed by atoms with van der Waals surface area (Å²) in [6, 6.07) is 0. The van der Waals surface area contributed by atoms with Crippen LogP contribution < -0.4 is 6.15 Å². The molecule has 0 saturated heterocycles. The molecule has 0 spiro atoms. The maximum absolute atomic E-state index is 9.90. The fraction of sp³-hybridized carbons (Fsp3) is 0.833. The van der Waals surface area contributed by atoms with Gasteiger partial charge in [-0.15, -0.1) is 0 Å². The molecule has 0 fully saturated rings. The van der Waals surface area contributed by atoms with Crippen molar-refractivity contribution in [1.82, 2.24) is 6.15 Å². The topological polar surface area (TPSA) is 153 Å². The third kappa shape index (κ3) is 6.23. The number of carbonyl (C=O) groups excluding carboxylic acids is 1. The van der Waals surface area contributed by atoms with E-state index in [1.807, 2.05) is 0 Å². The Labute approximate surface area is 114 Å². The average molecular weight is 239 g/mol. The zero-order valence-electron chi connectivity index (χ0n) is 9.65. The van der Waals surface area contributed by atoms with Gasteiger partial charge in [0, 0.05) is 0 Å². The van der Waals surface area contributed by atoms with Crippen LogP contribution in [-0.4, -0.2) is 101 Å². The summed E-state index contributed by atoms with van der Waals surface area (Å²) in [4.78, 5) is 9.90. The summed E-state index contributed by atoms with van der Waals surface area (Å²) in [5.41, 5.74) is 0. The van der Waals surface area contributed by atoms with Crippen LogP contribution in [-0.2, 0) is 4.79 Å². The maximum atomic E-state index is 9.90. The predicted octanol–water partition coefficient (Wildman–Crippen LogP) is -3.37. The van der Waals surface area contributed by atoms with Crippen LogP contribution in [0.3, 0.4) is 0 Å². The van der Waals surface area contributed by atoms with Crippen molar-refractivity contribution in [3.8, 4) is 0 Å². The van der Waals surface area contributed by atoms with Gasteiger partial charge in [-0.05, 0) is 0 Å². The van der Waals surface area contributed by atoms with E-state index in [-0.39, 0.29) is 53.0 Å². The van der Waals surface area contributed by atoms with Gasteiger partial charge in [0.2, 0.25) is 0 Å². The molecule has 0 rings (SSSR count). The Morgan fingerprint density at radius 2 is 1.57 bits per heavy atom. The van der Waals surface area contributed by atoms with E-state index in [0.717, 1.165) is 0 Å². The maximum Gasteiger partial charge on any atom is 2.00 e. The second-order valence-electron chi connectivity index (χ2n) is 2.36. The van der Waals surface area contributed by atoms with Crippen LogP contribution in [0.15, 0.2) is 0 Å². The number of hydrogen-bond acceptors (Lipinski definition) is 7. The largest absolute Gasteiger partial charge is 2.00 e. The fourth-order valence-electron chi connectivity index (χ4n) is 0.618. The van der Waals surface area contributed by atoms with E-state index in [9.17, 15) is 4.79 Å². The van der Waals surface area contributed by atoms with Crippen molar-refractivity contribution in [2.75, 3.05) is 6.61 Å². The molecule has 0 aromatic rings. The molecule has 0 bridgehead atoms. The summed E-state index contributed by atoms with van der Waals surface area (Å²) < 4.78 is 0. The predicted molar refractivity (Wildman–Crippen MR) is 50.2 cm³/mol. The molecule has 84 valence electrons. The van der Waals surface area contributed by atoms with Gasteiger partial charge in [0.05, 0.1) is 6.61 Å². The first-order valence-electron chi connectivity index (χ1n) is 3.33. The molecule has 0 heterocycles. The van der Waals surface area contributed by atoms with E-state index in [2.05, 4.69) is 0 Å². The molecular formula is C6H17CaNO6. The second-order valence-corrected chi connectivity index (χ2v) is 2.36. The summed E-state index contributed by atoms with van der Waals surface area (Å²) >= 11 is 0. The second kappa shape index (κ2) is 10.2. The van der Waals surface area contributed by atoms with Crippen molar-refractivity contribution in [3.05, 3.63) is 0 Å². The molecule has 0 aromatic heterocycles. The van der Waals surface area contributed by atoms with Crippen molar-refractivity contribution < 1.29 is 33.2 Å². The van der Waals surface area contributed by atoms with E-state index in [1.54, 1.807) is 0 Å². The van der Waals surface area contributed by atoms with Crippen molar-refractivity contribution in [3.63, 3.8) is 0 Å². The van der Waals surface area contributed by atoms with Gasteiger partial charge in [0.15, 0.2) is 6.29 Å². The molecule has 8 heteroatoms. The Kier molecular flexibility index (Phi) is 14.7. The quantitative estimate of drug-likeness (QED) is 0.216. The zero-order chi connectivity index (χ0) is 9.72. The SMILES string of the molecule is N.O=C[C@H](O)[C@@H](O)[C@H](O)[C@H](O)CO.[Ca+2].[H-].[H-]. The van der Waals surface area contributed by atoms with Crippen molar-refractivity contribution in [2.24, 2.45) is 0 Å². The molecule has 0 amide bonds. The minimum atomic E-state index is -1.79. The molecule has 4 atom stereocenters. The first-order valence-corrected chi connectivity index (χ1v) is 3.33. The molecule has 0 unspecified atom stereocenters. The third-order valence-corrected chi connectivity index (χ3v) is 1.42. The van der Waals surface area contributed by atoms with Gasteiger partial charge in [-0.1, -0.05) is 0 Å². The van der Waals surface area contributed by atoms with Crippen LogP contribution in [0.5, 0.6) is 0 Å². The van der Waals surface area contributed by atoms with Gasteiger partial charge in [-0.3, -0.25) is 0 Å². The molecule has 14 heavy (non-hydrogen) atoms. The molecule has 0 aliphatic heterocycles. The normalized spacial score (nSPS) is 18.1. The molecule has 0 aliphatic carbocycles. The Bertz CT molecular complexity index is 157. The van der Waals surface area contributed by atoms with Crippen LogP contribution in [0, 0.1) is 0 Å².